The van der Waals surface area contributed by atoms with Gasteiger partial charge in [-0.25, -0.2) is 0 Å². The van der Waals surface area contributed by atoms with Gasteiger partial charge < -0.3 is 4.57 Å². The fourth-order valence-electron chi connectivity index (χ4n) is 2.36. The number of hydrogen-bond donors (Lipinski definition) is 0. The molecule has 2 heteroatoms. The zero-order valence-corrected chi connectivity index (χ0v) is 9.78. The Morgan fingerprint density at radius 1 is 1.27 bits per heavy atom. The van der Waals surface area contributed by atoms with E-state index in [1.807, 2.05) is 0 Å². The van der Waals surface area contributed by atoms with Crippen molar-refractivity contribution in [3.05, 3.63) is 24.0 Å². The minimum Gasteiger partial charge on any atom is -0.350 e. The van der Waals surface area contributed by atoms with Gasteiger partial charge in [0.25, 0.3) is 0 Å². The van der Waals surface area contributed by atoms with Crippen molar-refractivity contribution >= 4 is 0 Å². The summed E-state index contributed by atoms with van der Waals surface area (Å²) < 4.78 is 2.40. The van der Waals surface area contributed by atoms with E-state index in [-0.39, 0.29) is 0 Å². The van der Waals surface area contributed by atoms with Gasteiger partial charge in [0.2, 0.25) is 0 Å². The summed E-state index contributed by atoms with van der Waals surface area (Å²) >= 11 is 0. The van der Waals surface area contributed by atoms with E-state index in [4.69, 9.17) is 0 Å². The summed E-state index contributed by atoms with van der Waals surface area (Å²) in [4.78, 5) is 2.61. The average Bonchev–Trinajstić information content (AvgIpc) is 2.58. The highest BCUT2D eigenvalue weighted by Crippen LogP contribution is 2.13. The summed E-state index contributed by atoms with van der Waals surface area (Å²) in [6, 6.07) is 4.43. The third kappa shape index (κ3) is 2.85. The zero-order valence-electron chi connectivity index (χ0n) is 9.78. The van der Waals surface area contributed by atoms with Crippen LogP contribution in [0.2, 0.25) is 0 Å². The third-order valence-corrected chi connectivity index (χ3v) is 3.26. The van der Waals surface area contributed by atoms with Gasteiger partial charge in [-0.2, -0.15) is 0 Å². The summed E-state index contributed by atoms with van der Waals surface area (Å²) in [6.07, 6.45) is 7.57. The summed E-state index contributed by atoms with van der Waals surface area (Å²) in [7, 11) is 0. The topological polar surface area (TPSA) is 8.17 Å². The number of unbranched alkanes of at least 4 members (excludes halogenated alkanes) is 2. The maximum absolute atomic E-state index is 2.61. The lowest BCUT2D eigenvalue weighted by Crippen LogP contribution is -2.24. The number of hydrogen-bond acceptors (Lipinski definition) is 1. The Kier molecular flexibility index (Phi) is 3.84. The Balaban J connectivity index is 1.88. The highest BCUT2D eigenvalue weighted by atomic mass is 15.2. The molecule has 0 spiro atoms. The molecule has 2 rings (SSSR count). The van der Waals surface area contributed by atoms with Crippen molar-refractivity contribution < 1.29 is 0 Å². The highest BCUT2D eigenvalue weighted by molar-refractivity contribution is 5.07. The van der Waals surface area contributed by atoms with Crippen molar-refractivity contribution in [2.75, 3.05) is 13.1 Å². The van der Waals surface area contributed by atoms with Gasteiger partial charge in [-0.1, -0.05) is 19.8 Å². The number of rotatable bonds is 4. The molecule has 0 atom stereocenters. The maximum Gasteiger partial charge on any atom is 0.0387 e. The van der Waals surface area contributed by atoms with E-state index in [9.17, 15) is 0 Å². The van der Waals surface area contributed by atoms with Crippen LogP contribution in [0, 0.1) is 0 Å². The summed E-state index contributed by atoms with van der Waals surface area (Å²) in [6.45, 7) is 7.17. The lowest BCUT2D eigenvalue weighted by atomic mass is 10.2. The average molecular weight is 206 g/mol. The van der Waals surface area contributed by atoms with E-state index in [0.29, 0.717) is 0 Å². The minimum absolute atomic E-state index is 1.15. The van der Waals surface area contributed by atoms with Crippen LogP contribution in [0.5, 0.6) is 0 Å². The maximum atomic E-state index is 2.61. The second-order valence-electron chi connectivity index (χ2n) is 4.53. The molecule has 0 radical (unpaired) electrons. The Morgan fingerprint density at radius 3 is 3.07 bits per heavy atom. The molecule has 1 aliphatic rings. The Labute approximate surface area is 92.9 Å². The molecule has 0 fully saturated rings. The normalized spacial score (nSPS) is 17.4. The van der Waals surface area contributed by atoms with E-state index in [1.165, 1.54) is 51.0 Å². The van der Waals surface area contributed by atoms with E-state index in [1.54, 1.807) is 0 Å². The van der Waals surface area contributed by atoms with Gasteiger partial charge in [0, 0.05) is 31.5 Å². The van der Waals surface area contributed by atoms with Crippen molar-refractivity contribution in [3.8, 4) is 0 Å². The van der Waals surface area contributed by atoms with Crippen molar-refractivity contribution in [2.24, 2.45) is 0 Å². The smallest absolute Gasteiger partial charge is 0.0387 e. The minimum atomic E-state index is 1.15. The fourth-order valence-corrected chi connectivity index (χ4v) is 2.36. The SMILES string of the molecule is CCCCCN1CCCn2cccc2C1. The molecule has 0 aromatic carbocycles. The fraction of sp³-hybridized carbons (Fsp3) is 0.692. The first-order valence-electron chi connectivity index (χ1n) is 6.26. The predicted molar refractivity (Wildman–Crippen MR) is 63.9 cm³/mol. The largest absolute Gasteiger partial charge is 0.350 e. The van der Waals surface area contributed by atoms with Gasteiger partial charge in [0.05, 0.1) is 0 Å². The molecule has 0 bridgehead atoms. The number of fused-ring (bicyclic) bond motifs is 1. The first kappa shape index (κ1) is 10.7. The Hall–Kier alpha value is -0.760. The molecule has 0 saturated heterocycles. The Bertz CT molecular complexity index is 290. The first-order chi connectivity index (χ1) is 7.40. The lowest BCUT2D eigenvalue weighted by molar-refractivity contribution is 0.263. The van der Waals surface area contributed by atoms with Crippen LogP contribution in [0.4, 0.5) is 0 Å². The molecular formula is C13H22N2. The van der Waals surface area contributed by atoms with E-state index in [0.717, 1.165) is 6.54 Å². The molecular weight excluding hydrogens is 184 g/mol. The van der Waals surface area contributed by atoms with Crippen LogP contribution in [0.15, 0.2) is 18.3 Å². The van der Waals surface area contributed by atoms with Crippen LogP contribution in [0.1, 0.15) is 38.3 Å². The molecule has 0 N–H and O–H groups in total. The molecule has 0 unspecified atom stereocenters. The van der Waals surface area contributed by atoms with Crippen LogP contribution in [0.25, 0.3) is 0 Å². The summed E-state index contributed by atoms with van der Waals surface area (Å²) in [5.41, 5.74) is 1.49. The first-order valence-corrected chi connectivity index (χ1v) is 6.26. The quantitative estimate of drug-likeness (QED) is 0.688. The van der Waals surface area contributed by atoms with Crippen LogP contribution >= 0.6 is 0 Å². The van der Waals surface area contributed by atoms with Gasteiger partial charge in [-0.15, -0.1) is 0 Å². The van der Waals surface area contributed by atoms with Crippen molar-refractivity contribution in [3.63, 3.8) is 0 Å². The molecule has 84 valence electrons. The van der Waals surface area contributed by atoms with E-state index < -0.39 is 0 Å². The molecule has 2 nitrogen and oxygen atoms in total. The molecule has 0 saturated carbocycles. The lowest BCUT2D eigenvalue weighted by Gasteiger charge is -2.19. The summed E-state index contributed by atoms with van der Waals surface area (Å²) in [5.74, 6) is 0. The van der Waals surface area contributed by atoms with E-state index in [2.05, 4.69) is 34.7 Å². The highest BCUT2D eigenvalue weighted by Gasteiger charge is 2.12. The molecule has 1 aliphatic heterocycles. The van der Waals surface area contributed by atoms with Crippen molar-refractivity contribution in [2.45, 2.75) is 45.7 Å². The Morgan fingerprint density at radius 2 is 2.20 bits per heavy atom. The van der Waals surface area contributed by atoms with Crippen molar-refractivity contribution in [1.82, 2.24) is 9.47 Å². The number of nitrogens with zero attached hydrogens (tertiary/aromatic N) is 2. The van der Waals surface area contributed by atoms with Gasteiger partial charge in [-0.3, -0.25) is 4.90 Å². The summed E-state index contributed by atoms with van der Waals surface area (Å²) in [5, 5.41) is 0. The second kappa shape index (κ2) is 5.36. The molecule has 0 aliphatic carbocycles. The van der Waals surface area contributed by atoms with Crippen molar-refractivity contribution in [1.29, 1.82) is 0 Å². The molecule has 0 amide bonds. The van der Waals surface area contributed by atoms with Crippen LogP contribution in [-0.4, -0.2) is 22.6 Å². The zero-order chi connectivity index (χ0) is 10.5. The van der Waals surface area contributed by atoms with Gasteiger partial charge >= 0.3 is 0 Å². The molecule has 2 heterocycles. The third-order valence-electron chi connectivity index (χ3n) is 3.26. The molecule has 15 heavy (non-hydrogen) atoms. The van der Waals surface area contributed by atoms with E-state index >= 15 is 0 Å². The van der Waals surface area contributed by atoms with Crippen LogP contribution in [0.3, 0.4) is 0 Å². The van der Waals surface area contributed by atoms with Gasteiger partial charge in [-0.05, 0) is 31.5 Å². The molecule has 1 aromatic heterocycles. The molecule has 1 aromatic rings. The second-order valence-corrected chi connectivity index (χ2v) is 4.53. The van der Waals surface area contributed by atoms with Gasteiger partial charge in [0.1, 0.15) is 0 Å². The van der Waals surface area contributed by atoms with Gasteiger partial charge in [0.15, 0.2) is 0 Å². The monoisotopic (exact) mass is 206 g/mol. The number of aryl methyl sites for hydroxylation is 1. The standard InChI is InChI=1S/C13H22N2/c1-2-3-4-8-14-9-6-11-15-10-5-7-13(15)12-14/h5,7,10H,2-4,6,8-9,11-12H2,1H3. The van der Waals surface area contributed by atoms with Crippen LogP contribution in [-0.2, 0) is 13.1 Å². The van der Waals surface area contributed by atoms with Crippen LogP contribution < -0.4 is 0 Å². The number of aromatic nitrogens is 1. The predicted octanol–water partition coefficient (Wildman–Crippen LogP) is 2.88.